The van der Waals surface area contributed by atoms with Crippen molar-refractivity contribution in [2.24, 2.45) is 5.73 Å². The van der Waals surface area contributed by atoms with Gasteiger partial charge in [0.2, 0.25) is 5.88 Å². The number of nitrogens with two attached hydrogens (primary N) is 1. The number of aromatic nitrogens is 1. The van der Waals surface area contributed by atoms with Crippen LogP contribution in [0, 0.1) is 0 Å². The molecule has 2 N–H and O–H groups in total. The molecule has 1 aliphatic rings. The highest BCUT2D eigenvalue weighted by Gasteiger charge is 2.10. The highest BCUT2D eigenvalue weighted by Crippen LogP contribution is 2.15. The van der Waals surface area contributed by atoms with Gasteiger partial charge in [0.15, 0.2) is 0 Å². The first-order chi connectivity index (χ1) is 9.38. The average molecular weight is 263 g/mol. The van der Waals surface area contributed by atoms with Crippen molar-refractivity contribution in [3.05, 3.63) is 23.9 Å². The van der Waals surface area contributed by atoms with E-state index in [1.165, 1.54) is 37.9 Å². The van der Waals surface area contributed by atoms with Crippen molar-refractivity contribution in [1.29, 1.82) is 0 Å². The van der Waals surface area contributed by atoms with Gasteiger partial charge in [0.05, 0.1) is 6.61 Å². The van der Waals surface area contributed by atoms with E-state index in [0.717, 1.165) is 31.8 Å². The van der Waals surface area contributed by atoms with Gasteiger partial charge in [-0.15, -0.1) is 0 Å². The molecule has 0 bridgehead atoms. The number of hydrogen-bond donors (Lipinski definition) is 1. The van der Waals surface area contributed by atoms with Crippen LogP contribution in [0.4, 0.5) is 0 Å². The fourth-order valence-corrected chi connectivity index (χ4v) is 2.43. The van der Waals surface area contributed by atoms with Gasteiger partial charge in [0, 0.05) is 18.8 Å². The number of piperidine rings is 1. The lowest BCUT2D eigenvalue weighted by molar-refractivity contribution is 0.220. The van der Waals surface area contributed by atoms with E-state index in [1.54, 1.807) is 0 Å². The summed E-state index contributed by atoms with van der Waals surface area (Å²) in [4.78, 5) is 6.77. The van der Waals surface area contributed by atoms with Crippen molar-refractivity contribution in [2.45, 2.75) is 38.6 Å². The minimum absolute atomic E-state index is 0.706. The molecular formula is C15H25N3O. The first-order valence-corrected chi connectivity index (χ1v) is 7.38. The van der Waals surface area contributed by atoms with E-state index in [9.17, 15) is 0 Å². The van der Waals surface area contributed by atoms with Crippen LogP contribution in [-0.4, -0.2) is 36.1 Å². The molecular weight excluding hydrogens is 238 g/mol. The number of hydrogen-bond acceptors (Lipinski definition) is 4. The van der Waals surface area contributed by atoms with Gasteiger partial charge in [-0.2, -0.15) is 0 Å². The molecule has 0 spiro atoms. The maximum atomic E-state index is 5.65. The Hall–Kier alpha value is -1.13. The average Bonchev–Trinajstić information content (AvgIpc) is 2.45. The molecule has 4 heteroatoms. The molecule has 1 aromatic rings. The number of unbranched alkanes of at least 4 members (excludes halogenated alkanes) is 1. The Kier molecular flexibility index (Phi) is 6.11. The fraction of sp³-hybridized carbons (Fsp3) is 0.667. The lowest BCUT2D eigenvalue weighted by Crippen LogP contribution is -2.29. The van der Waals surface area contributed by atoms with Crippen molar-refractivity contribution in [2.75, 3.05) is 26.2 Å². The normalized spacial score (nSPS) is 16.5. The van der Waals surface area contributed by atoms with Crippen LogP contribution in [0.3, 0.4) is 0 Å². The van der Waals surface area contributed by atoms with Gasteiger partial charge in [-0.25, -0.2) is 4.98 Å². The number of nitrogens with zero attached hydrogens (tertiary/aromatic N) is 2. The number of rotatable bonds is 7. The summed E-state index contributed by atoms with van der Waals surface area (Å²) < 4.78 is 5.65. The Morgan fingerprint density at radius 2 is 2.05 bits per heavy atom. The second kappa shape index (κ2) is 8.12. The SMILES string of the molecule is NCCCCOc1cc(CN2CCCCC2)ccn1. The smallest absolute Gasteiger partial charge is 0.213 e. The van der Waals surface area contributed by atoms with Crippen molar-refractivity contribution in [1.82, 2.24) is 9.88 Å². The molecule has 106 valence electrons. The highest BCUT2D eigenvalue weighted by molar-refractivity contribution is 5.20. The van der Waals surface area contributed by atoms with Crippen LogP contribution in [0.25, 0.3) is 0 Å². The first-order valence-electron chi connectivity index (χ1n) is 7.38. The molecule has 1 fully saturated rings. The summed E-state index contributed by atoms with van der Waals surface area (Å²) in [7, 11) is 0. The molecule has 0 saturated carbocycles. The highest BCUT2D eigenvalue weighted by atomic mass is 16.5. The van der Waals surface area contributed by atoms with Crippen LogP contribution < -0.4 is 10.5 Å². The molecule has 0 atom stereocenters. The third-order valence-electron chi connectivity index (χ3n) is 3.50. The van der Waals surface area contributed by atoms with Crippen LogP contribution in [0.1, 0.15) is 37.7 Å². The molecule has 0 radical (unpaired) electrons. The van der Waals surface area contributed by atoms with Crippen molar-refractivity contribution in [3.8, 4) is 5.88 Å². The third-order valence-corrected chi connectivity index (χ3v) is 3.50. The summed E-state index contributed by atoms with van der Waals surface area (Å²) in [6.07, 6.45) is 7.88. The maximum Gasteiger partial charge on any atom is 0.213 e. The van der Waals surface area contributed by atoms with Crippen molar-refractivity contribution in [3.63, 3.8) is 0 Å². The van der Waals surface area contributed by atoms with Gasteiger partial charge in [0.1, 0.15) is 0 Å². The van der Waals surface area contributed by atoms with E-state index >= 15 is 0 Å². The largest absolute Gasteiger partial charge is 0.478 e. The van der Waals surface area contributed by atoms with Crippen molar-refractivity contribution >= 4 is 0 Å². The van der Waals surface area contributed by atoms with E-state index in [4.69, 9.17) is 10.5 Å². The summed E-state index contributed by atoms with van der Waals surface area (Å²) in [5, 5.41) is 0. The van der Waals surface area contributed by atoms with Crippen LogP contribution in [-0.2, 0) is 6.54 Å². The Morgan fingerprint density at radius 3 is 2.84 bits per heavy atom. The lowest BCUT2D eigenvalue weighted by Gasteiger charge is -2.26. The number of ether oxygens (including phenoxy) is 1. The topological polar surface area (TPSA) is 51.4 Å². The van der Waals surface area contributed by atoms with Crippen LogP contribution in [0.2, 0.25) is 0 Å². The Labute approximate surface area is 116 Å². The van der Waals surface area contributed by atoms with Gasteiger partial charge in [0.25, 0.3) is 0 Å². The molecule has 0 unspecified atom stereocenters. The summed E-state index contributed by atoms with van der Waals surface area (Å²) in [5.41, 5.74) is 6.76. The predicted octanol–water partition coefficient (Wildman–Crippen LogP) is 2.19. The molecule has 2 rings (SSSR count). The molecule has 0 amide bonds. The van der Waals surface area contributed by atoms with E-state index in [1.807, 2.05) is 6.20 Å². The van der Waals surface area contributed by atoms with Gasteiger partial charge in [-0.3, -0.25) is 4.90 Å². The molecule has 1 aliphatic heterocycles. The zero-order chi connectivity index (χ0) is 13.3. The van der Waals surface area contributed by atoms with E-state index < -0.39 is 0 Å². The molecule has 0 aromatic carbocycles. The summed E-state index contributed by atoms with van der Waals surface area (Å²) in [5.74, 6) is 0.742. The van der Waals surface area contributed by atoms with Crippen LogP contribution >= 0.6 is 0 Å². The zero-order valence-electron chi connectivity index (χ0n) is 11.7. The third kappa shape index (κ3) is 5.17. The summed E-state index contributed by atoms with van der Waals surface area (Å²) in [6.45, 7) is 4.88. The van der Waals surface area contributed by atoms with Gasteiger partial charge < -0.3 is 10.5 Å². The number of pyridine rings is 1. The van der Waals surface area contributed by atoms with E-state index in [2.05, 4.69) is 22.0 Å². The fourth-order valence-electron chi connectivity index (χ4n) is 2.43. The predicted molar refractivity (Wildman–Crippen MR) is 77.1 cm³/mol. The molecule has 1 saturated heterocycles. The Bertz CT molecular complexity index is 364. The molecule has 19 heavy (non-hydrogen) atoms. The van der Waals surface area contributed by atoms with Gasteiger partial charge >= 0.3 is 0 Å². The summed E-state index contributed by atoms with van der Waals surface area (Å²) >= 11 is 0. The van der Waals surface area contributed by atoms with E-state index in [-0.39, 0.29) is 0 Å². The standard InChI is InChI=1S/C15H25N3O/c16-7-2-5-11-19-15-12-14(6-8-17-15)13-18-9-3-1-4-10-18/h6,8,12H,1-5,7,9-11,13,16H2. The maximum absolute atomic E-state index is 5.65. The number of likely N-dealkylation sites (tertiary alicyclic amines) is 1. The Balaban J connectivity index is 1.80. The molecule has 4 nitrogen and oxygen atoms in total. The second-order valence-electron chi connectivity index (χ2n) is 5.18. The van der Waals surface area contributed by atoms with Gasteiger partial charge in [-0.05, 0) is 56.9 Å². The van der Waals surface area contributed by atoms with E-state index in [0.29, 0.717) is 6.61 Å². The van der Waals surface area contributed by atoms with Crippen LogP contribution in [0.5, 0.6) is 5.88 Å². The molecule has 1 aromatic heterocycles. The zero-order valence-corrected chi connectivity index (χ0v) is 11.7. The quantitative estimate of drug-likeness (QED) is 0.766. The minimum Gasteiger partial charge on any atom is -0.478 e. The van der Waals surface area contributed by atoms with Gasteiger partial charge in [-0.1, -0.05) is 6.42 Å². The summed E-state index contributed by atoms with van der Waals surface area (Å²) in [6, 6.07) is 4.15. The minimum atomic E-state index is 0.706. The first kappa shape index (κ1) is 14.3. The monoisotopic (exact) mass is 263 g/mol. The van der Waals surface area contributed by atoms with Crippen molar-refractivity contribution < 1.29 is 4.74 Å². The van der Waals surface area contributed by atoms with Crippen LogP contribution in [0.15, 0.2) is 18.3 Å². The lowest BCUT2D eigenvalue weighted by atomic mass is 10.1. The second-order valence-corrected chi connectivity index (χ2v) is 5.18. The molecule has 0 aliphatic carbocycles. The molecule has 2 heterocycles. The Morgan fingerprint density at radius 1 is 1.21 bits per heavy atom.